The fraction of sp³-hybridized carbons (Fsp3) is 0.211. The summed E-state index contributed by atoms with van der Waals surface area (Å²) in [6.45, 7) is 6.18. The second kappa shape index (κ2) is 8.13. The van der Waals surface area contributed by atoms with Crippen molar-refractivity contribution < 1.29 is 13.9 Å². The highest BCUT2D eigenvalue weighted by atomic mass is 19.1. The number of ether oxygens (including phenoxy) is 1. The molecular weight excluding hydrogens is 293 g/mol. The van der Waals surface area contributed by atoms with Crippen molar-refractivity contribution >= 4 is 6.09 Å². The molecule has 3 nitrogen and oxygen atoms in total. The van der Waals surface area contributed by atoms with Crippen molar-refractivity contribution in [2.24, 2.45) is 0 Å². The van der Waals surface area contributed by atoms with E-state index in [0.717, 1.165) is 11.1 Å². The van der Waals surface area contributed by atoms with E-state index in [9.17, 15) is 9.18 Å². The summed E-state index contributed by atoms with van der Waals surface area (Å²) in [5.74, 6) is -0.279. The lowest BCUT2D eigenvalue weighted by atomic mass is 10.1. The normalized spacial score (nSPS) is 10.2. The summed E-state index contributed by atoms with van der Waals surface area (Å²) in [7, 11) is 0. The van der Waals surface area contributed by atoms with Crippen molar-refractivity contribution in [2.45, 2.75) is 20.1 Å². The third kappa shape index (κ3) is 4.68. The number of hydrogen-bond donors (Lipinski definition) is 0. The second-order valence-corrected chi connectivity index (χ2v) is 5.23. The van der Waals surface area contributed by atoms with E-state index in [-0.39, 0.29) is 19.0 Å². The quantitative estimate of drug-likeness (QED) is 0.737. The van der Waals surface area contributed by atoms with Crippen molar-refractivity contribution in [3.05, 3.63) is 83.7 Å². The molecule has 0 radical (unpaired) electrons. The minimum absolute atomic E-state index is 0.204. The molecule has 0 spiro atoms. The van der Waals surface area contributed by atoms with Gasteiger partial charge < -0.3 is 9.64 Å². The Morgan fingerprint density at radius 2 is 1.96 bits per heavy atom. The van der Waals surface area contributed by atoms with Crippen LogP contribution in [0.2, 0.25) is 0 Å². The third-order valence-corrected chi connectivity index (χ3v) is 3.55. The maximum absolute atomic E-state index is 13.6. The molecule has 2 rings (SSSR count). The Morgan fingerprint density at radius 1 is 1.22 bits per heavy atom. The zero-order valence-corrected chi connectivity index (χ0v) is 13.2. The first kappa shape index (κ1) is 16.7. The zero-order chi connectivity index (χ0) is 16.7. The Morgan fingerprint density at radius 3 is 2.65 bits per heavy atom. The molecule has 0 fully saturated rings. The van der Waals surface area contributed by atoms with Gasteiger partial charge in [0.1, 0.15) is 12.4 Å². The standard InChI is InChI=1S/C19H20FNO2/c1-3-12-21(13-17-10-7-11-18(20)15(17)2)19(22)23-14-16-8-5-4-6-9-16/h3-11H,1,12-14H2,2H3. The summed E-state index contributed by atoms with van der Waals surface area (Å²) in [6.07, 6.45) is 1.18. The second-order valence-electron chi connectivity index (χ2n) is 5.23. The van der Waals surface area contributed by atoms with Gasteiger partial charge >= 0.3 is 6.09 Å². The number of amides is 1. The predicted molar refractivity (Wildman–Crippen MR) is 88.4 cm³/mol. The van der Waals surface area contributed by atoms with E-state index in [0.29, 0.717) is 12.1 Å². The van der Waals surface area contributed by atoms with Gasteiger partial charge in [-0.3, -0.25) is 0 Å². The van der Waals surface area contributed by atoms with Crippen LogP contribution in [0.1, 0.15) is 16.7 Å². The number of carbonyl (C=O) groups is 1. The Balaban J connectivity index is 2.03. The Bertz CT molecular complexity index is 670. The summed E-state index contributed by atoms with van der Waals surface area (Å²) < 4.78 is 19.0. The number of nitrogens with zero attached hydrogens (tertiary/aromatic N) is 1. The Labute approximate surface area is 136 Å². The van der Waals surface area contributed by atoms with Gasteiger partial charge in [0, 0.05) is 13.1 Å². The molecule has 0 saturated carbocycles. The largest absolute Gasteiger partial charge is 0.445 e. The van der Waals surface area contributed by atoms with Gasteiger partial charge in [-0.2, -0.15) is 0 Å². The van der Waals surface area contributed by atoms with E-state index in [2.05, 4.69) is 6.58 Å². The highest BCUT2D eigenvalue weighted by Crippen LogP contribution is 2.15. The molecule has 0 aliphatic rings. The van der Waals surface area contributed by atoms with Gasteiger partial charge in [-0.1, -0.05) is 48.5 Å². The van der Waals surface area contributed by atoms with Gasteiger partial charge in [-0.25, -0.2) is 9.18 Å². The molecule has 0 aromatic heterocycles. The van der Waals surface area contributed by atoms with Gasteiger partial charge in [0.25, 0.3) is 0 Å². The number of halogens is 1. The summed E-state index contributed by atoms with van der Waals surface area (Å²) >= 11 is 0. The van der Waals surface area contributed by atoms with Crippen molar-refractivity contribution in [2.75, 3.05) is 6.54 Å². The smallest absolute Gasteiger partial charge is 0.410 e. The zero-order valence-electron chi connectivity index (χ0n) is 13.2. The molecule has 0 unspecified atom stereocenters. The number of carbonyl (C=O) groups excluding carboxylic acids is 1. The fourth-order valence-electron chi connectivity index (χ4n) is 2.20. The predicted octanol–water partition coefficient (Wildman–Crippen LogP) is 4.46. The van der Waals surface area contributed by atoms with Crippen LogP contribution in [0, 0.1) is 12.7 Å². The first-order valence-electron chi connectivity index (χ1n) is 7.42. The molecule has 23 heavy (non-hydrogen) atoms. The van der Waals surface area contributed by atoms with Gasteiger partial charge in [0.2, 0.25) is 0 Å². The molecule has 2 aromatic carbocycles. The number of benzene rings is 2. The molecule has 0 saturated heterocycles. The Hall–Kier alpha value is -2.62. The number of rotatable bonds is 6. The van der Waals surface area contributed by atoms with Crippen molar-refractivity contribution in [1.82, 2.24) is 4.90 Å². The SMILES string of the molecule is C=CCN(Cc1cccc(F)c1C)C(=O)OCc1ccccc1. The van der Waals surface area contributed by atoms with Gasteiger partial charge in [0.05, 0.1) is 0 Å². The van der Waals surface area contributed by atoms with E-state index in [4.69, 9.17) is 4.74 Å². The van der Waals surface area contributed by atoms with Crippen LogP contribution in [-0.4, -0.2) is 17.5 Å². The maximum atomic E-state index is 13.6. The van der Waals surface area contributed by atoms with E-state index in [1.165, 1.54) is 11.0 Å². The fourth-order valence-corrected chi connectivity index (χ4v) is 2.20. The molecule has 0 heterocycles. The molecule has 4 heteroatoms. The average Bonchev–Trinajstić information content (AvgIpc) is 2.57. The first-order chi connectivity index (χ1) is 11.1. The van der Waals surface area contributed by atoms with E-state index in [1.54, 1.807) is 25.1 Å². The van der Waals surface area contributed by atoms with Gasteiger partial charge in [-0.05, 0) is 29.7 Å². The molecule has 0 N–H and O–H groups in total. The van der Waals surface area contributed by atoms with Crippen molar-refractivity contribution in [1.29, 1.82) is 0 Å². The topological polar surface area (TPSA) is 29.5 Å². The summed E-state index contributed by atoms with van der Waals surface area (Å²) in [4.78, 5) is 13.8. The van der Waals surface area contributed by atoms with Crippen LogP contribution in [0.5, 0.6) is 0 Å². The molecule has 0 aliphatic heterocycles. The molecule has 0 atom stereocenters. The first-order valence-corrected chi connectivity index (χ1v) is 7.42. The van der Waals surface area contributed by atoms with Gasteiger partial charge in [0.15, 0.2) is 0 Å². The van der Waals surface area contributed by atoms with E-state index in [1.807, 2.05) is 30.3 Å². The van der Waals surface area contributed by atoms with E-state index >= 15 is 0 Å². The van der Waals surface area contributed by atoms with Crippen LogP contribution in [0.4, 0.5) is 9.18 Å². The lowest BCUT2D eigenvalue weighted by Gasteiger charge is -2.21. The van der Waals surface area contributed by atoms with Crippen LogP contribution >= 0.6 is 0 Å². The summed E-state index contributed by atoms with van der Waals surface area (Å²) in [6, 6.07) is 14.3. The molecule has 1 amide bonds. The molecular formula is C19H20FNO2. The van der Waals surface area contributed by atoms with E-state index < -0.39 is 6.09 Å². The minimum Gasteiger partial charge on any atom is -0.445 e. The van der Waals surface area contributed by atoms with Crippen LogP contribution in [0.3, 0.4) is 0 Å². The Kier molecular flexibility index (Phi) is 5.92. The average molecular weight is 313 g/mol. The van der Waals surface area contributed by atoms with Crippen LogP contribution in [0.25, 0.3) is 0 Å². The van der Waals surface area contributed by atoms with Crippen molar-refractivity contribution in [3.8, 4) is 0 Å². The van der Waals surface area contributed by atoms with Gasteiger partial charge in [-0.15, -0.1) is 6.58 Å². The lowest BCUT2D eigenvalue weighted by Crippen LogP contribution is -2.31. The van der Waals surface area contributed by atoms with Crippen LogP contribution < -0.4 is 0 Å². The number of hydrogen-bond acceptors (Lipinski definition) is 2. The molecule has 0 bridgehead atoms. The molecule has 120 valence electrons. The lowest BCUT2D eigenvalue weighted by molar-refractivity contribution is 0.0977. The molecule has 0 aliphatic carbocycles. The third-order valence-electron chi connectivity index (χ3n) is 3.55. The highest BCUT2D eigenvalue weighted by Gasteiger charge is 2.16. The van der Waals surface area contributed by atoms with Crippen molar-refractivity contribution in [3.63, 3.8) is 0 Å². The monoisotopic (exact) mass is 313 g/mol. The molecule has 2 aromatic rings. The maximum Gasteiger partial charge on any atom is 0.410 e. The summed E-state index contributed by atoms with van der Waals surface area (Å²) in [5.41, 5.74) is 2.21. The van der Waals surface area contributed by atoms with Crippen LogP contribution in [-0.2, 0) is 17.9 Å². The summed E-state index contributed by atoms with van der Waals surface area (Å²) in [5, 5.41) is 0. The van der Waals surface area contributed by atoms with Crippen LogP contribution in [0.15, 0.2) is 61.2 Å². The highest BCUT2D eigenvalue weighted by molar-refractivity contribution is 5.68. The minimum atomic E-state index is -0.447.